The van der Waals surface area contributed by atoms with Gasteiger partial charge in [-0.1, -0.05) is 23.7 Å². The van der Waals surface area contributed by atoms with Crippen LogP contribution in [0.5, 0.6) is 5.75 Å². The summed E-state index contributed by atoms with van der Waals surface area (Å²) >= 11 is 9.48. The van der Waals surface area contributed by atoms with E-state index in [4.69, 9.17) is 22.1 Å². The number of nitrogens with two attached hydrogens (primary N) is 1. The Balaban J connectivity index is 2.04. The molecule has 0 bridgehead atoms. The number of benzene rings is 2. The molecule has 2 nitrogen and oxygen atoms in total. The topological polar surface area (TPSA) is 35.2 Å². The number of rotatable bonds is 5. The minimum atomic E-state index is -0.337. The molecule has 0 amide bonds. The first-order valence-electron chi connectivity index (χ1n) is 6.51. The van der Waals surface area contributed by atoms with E-state index in [1.165, 1.54) is 12.1 Å². The van der Waals surface area contributed by atoms with Crippen LogP contribution in [0.3, 0.4) is 0 Å². The second kappa shape index (κ2) is 7.25. The summed E-state index contributed by atoms with van der Waals surface area (Å²) in [5.41, 5.74) is 8.13. The Morgan fingerprint density at radius 3 is 2.62 bits per heavy atom. The zero-order valence-electron chi connectivity index (χ0n) is 11.6. The Hall–Kier alpha value is -1.10. The average molecular weight is 373 g/mol. The first-order valence-corrected chi connectivity index (χ1v) is 7.68. The highest BCUT2D eigenvalue weighted by Gasteiger charge is 2.10. The van der Waals surface area contributed by atoms with Gasteiger partial charge in [0.1, 0.15) is 11.6 Å². The molecule has 2 N–H and O–H groups in total. The molecular weight excluding hydrogens is 357 g/mol. The van der Waals surface area contributed by atoms with Crippen LogP contribution in [0.2, 0.25) is 5.02 Å². The fourth-order valence-corrected chi connectivity index (χ4v) is 3.01. The van der Waals surface area contributed by atoms with Gasteiger partial charge in [-0.2, -0.15) is 0 Å². The smallest absolute Gasteiger partial charge is 0.133 e. The van der Waals surface area contributed by atoms with E-state index in [2.05, 4.69) is 15.9 Å². The molecule has 0 aliphatic carbocycles. The van der Waals surface area contributed by atoms with Gasteiger partial charge >= 0.3 is 0 Å². The second-order valence-electron chi connectivity index (χ2n) is 4.87. The summed E-state index contributed by atoms with van der Waals surface area (Å²) < 4.78 is 19.1. The maximum atomic E-state index is 13.0. The molecule has 2 rings (SSSR count). The molecule has 1 atom stereocenters. The number of hydrogen-bond acceptors (Lipinski definition) is 2. The number of halogens is 3. The van der Waals surface area contributed by atoms with E-state index in [1.807, 2.05) is 18.2 Å². The van der Waals surface area contributed by atoms with Crippen molar-refractivity contribution in [1.29, 1.82) is 0 Å². The zero-order chi connectivity index (χ0) is 15.4. The van der Waals surface area contributed by atoms with Crippen molar-refractivity contribution in [1.82, 2.24) is 0 Å². The molecule has 112 valence electrons. The van der Waals surface area contributed by atoms with Gasteiger partial charge in [-0.15, -0.1) is 0 Å². The quantitative estimate of drug-likeness (QED) is 0.846. The zero-order valence-corrected chi connectivity index (χ0v) is 13.9. The minimum absolute atomic E-state index is 0.0896. The average Bonchev–Trinajstić information content (AvgIpc) is 2.42. The van der Waals surface area contributed by atoms with Crippen molar-refractivity contribution in [3.05, 3.63) is 62.8 Å². The molecular formula is C16H16BrClFNO. The first-order chi connectivity index (χ1) is 9.99. The molecule has 0 fully saturated rings. The van der Waals surface area contributed by atoms with Crippen molar-refractivity contribution in [2.75, 3.05) is 7.11 Å². The third-order valence-corrected chi connectivity index (χ3v) is 4.18. The fraction of sp³-hybridized carbons (Fsp3) is 0.250. The van der Waals surface area contributed by atoms with Crippen LogP contribution >= 0.6 is 27.5 Å². The molecule has 0 saturated heterocycles. The van der Waals surface area contributed by atoms with Gasteiger partial charge < -0.3 is 10.5 Å². The van der Waals surface area contributed by atoms with Crippen LogP contribution in [0.4, 0.5) is 4.39 Å². The lowest BCUT2D eigenvalue weighted by Crippen LogP contribution is -2.25. The summed E-state index contributed by atoms with van der Waals surface area (Å²) in [4.78, 5) is 0. The predicted octanol–water partition coefficient (Wildman–Crippen LogP) is 4.36. The Bertz CT molecular complexity index is 636. The molecule has 0 saturated carbocycles. The SMILES string of the molecule is COc1ccc(CC(N)Cc2ccc(F)cc2Cl)cc1Br. The lowest BCUT2D eigenvalue weighted by molar-refractivity contribution is 0.412. The predicted molar refractivity (Wildman–Crippen MR) is 87.5 cm³/mol. The molecule has 0 aromatic heterocycles. The maximum Gasteiger partial charge on any atom is 0.133 e. The van der Waals surface area contributed by atoms with Crippen molar-refractivity contribution in [3.8, 4) is 5.75 Å². The molecule has 0 aliphatic rings. The molecule has 0 spiro atoms. The van der Waals surface area contributed by atoms with Crippen molar-refractivity contribution >= 4 is 27.5 Å². The molecule has 5 heteroatoms. The third-order valence-electron chi connectivity index (χ3n) is 3.21. The van der Waals surface area contributed by atoms with E-state index in [1.54, 1.807) is 13.2 Å². The maximum absolute atomic E-state index is 13.0. The molecule has 0 aliphatic heterocycles. The van der Waals surface area contributed by atoms with Crippen LogP contribution in [-0.2, 0) is 12.8 Å². The van der Waals surface area contributed by atoms with Gasteiger partial charge in [-0.3, -0.25) is 0 Å². The molecule has 21 heavy (non-hydrogen) atoms. The summed E-state index contributed by atoms with van der Waals surface area (Å²) in [5, 5.41) is 0.418. The van der Waals surface area contributed by atoms with Crippen molar-refractivity contribution in [3.63, 3.8) is 0 Å². The third kappa shape index (κ3) is 4.43. The molecule has 1 unspecified atom stereocenters. The normalized spacial score (nSPS) is 12.2. The Labute approximate surface area is 137 Å². The van der Waals surface area contributed by atoms with E-state index in [-0.39, 0.29) is 11.9 Å². The van der Waals surface area contributed by atoms with Gasteiger partial charge in [0, 0.05) is 11.1 Å². The summed E-state index contributed by atoms with van der Waals surface area (Å²) in [6.07, 6.45) is 1.30. The highest BCUT2D eigenvalue weighted by atomic mass is 79.9. The lowest BCUT2D eigenvalue weighted by atomic mass is 9.99. The Morgan fingerprint density at radius 1 is 1.24 bits per heavy atom. The summed E-state index contributed by atoms with van der Waals surface area (Å²) in [5.74, 6) is 0.449. The molecule has 0 heterocycles. The monoisotopic (exact) mass is 371 g/mol. The van der Waals surface area contributed by atoms with Gasteiger partial charge in [-0.25, -0.2) is 4.39 Å². The van der Waals surface area contributed by atoms with Gasteiger partial charge in [0.25, 0.3) is 0 Å². The first kappa shape index (κ1) is 16.3. The highest BCUT2D eigenvalue weighted by Crippen LogP contribution is 2.26. The fourth-order valence-electron chi connectivity index (χ4n) is 2.18. The standard InChI is InChI=1S/C16H16BrClFNO/c1-21-16-5-2-10(7-14(16)17)6-13(20)8-11-3-4-12(19)9-15(11)18/h2-5,7,9,13H,6,8,20H2,1H3. The summed E-state index contributed by atoms with van der Waals surface area (Å²) in [6, 6.07) is 10.2. The van der Waals surface area contributed by atoms with Gasteiger partial charge in [0.2, 0.25) is 0 Å². The molecule has 2 aromatic carbocycles. The number of methoxy groups -OCH3 is 1. The van der Waals surface area contributed by atoms with Crippen LogP contribution in [-0.4, -0.2) is 13.2 Å². The largest absolute Gasteiger partial charge is 0.496 e. The van der Waals surface area contributed by atoms with E-state index in [0.29, 0.717) is 17.9 Å². The van der Waals surface area contributed by atoms with Gasteiger partial charge in [0.15, 0.2) is 0 Å². The van der Waals surface area contributed by atoms with Crippen molar-refractivity contribution < 1.29 is 9.13 Å². The Kier molecular flexibility index (Phi) is 5.62. The van der Waals surface area contributed by atoms with Crippen molar-refractivity contribution in [2.45, 2.75) is 18.9 Å². The van der Waals surface area contributed by atoms with E-state index >= 15 is 0 Å². The molecule has 2 aromatic rings. The van der Waals surface area contributed by atoms with E-state index in [0.717, 1.165) is 21.3 Å². The van der Waals surface area contributed by atoms with Crippen LogP contribution in [0.25, 0.3) is 0 Å². The van der Waals surface area contributed by atoms with Crippen LogP contribution in [0, 0.1) is 5.82 Å². The van der Waals surface area contributed by atoms with E-state index < -0.39 is 0 Å². The van der Waals surface area contributed by atoms with Crippen LogP contribution in [0.1, 0.15) is 11.1 Å². The molecule has 0 radical (unpaired) electrons. The van der Waals surface area contributed by atoms with Gasteiger partial charge in [-0.05, 0) is 64.2 Å². The van der Waals surface area contributed by atoms with Crippen molar-refractivity contribution in [2.24, 2.45) is 5.73 Å². The highest BCUT2D eigenvalue weighted by molar-refractivity contribution is 9.10. The van der Waals surface area contributed by atoms with Crippen LogP contribution in [0.15, 0.2) is 40.9 Å². The Morgan fingerprint density at radius 2 is 2.00 bits per heavy atom. The van der Waals surface area contributed by atoms with Crippen LogP contribution < -0.4 is 10.5 Å². The van der Waals surface area contributed by atoms with E-state index in [9.17, 15) is 4.39 Å². The number of hydrogen-bond donors (Lipinski definition) is 1. The lowest BCUT2D eigenvalue weighted by Gasteiger charge is -2.14. The number of ether oxygens (including phenoxy) is 1. The second-order valence-corrected chi connectivity index (χ2v) is 6.13. The summed E-state index contributed by atoms with van der Waals surface area (Å²) in [6.45, 7) is 0. The van der Waals surface area contributed by atoms with Gasteiger partial charge in [0.05, 0.1) is 11.6 Å². The summed E-state index contributed by atoms with van der Waals surface area (Å²) in [7, 11) is 1.63. The minimum Gasteiger partial charge on any atom is -0.496 e.